The number of aliphatic hydroxyl groups excluding tert-OH is 2. The normalized spacial score (nSPS) is 27.2. The summed E-state index contributed by atoms with van der Waals surface area (Å²) >= 11 is 0. The van der Waals surface area contributed by atoms with Crippen molar-refractivity contribution in [2.24, 2.45) is 0 Å². The molecule has 18 nitrogen and oxygen atoms in total. The molecule has 7 rings (SSSR count). The van der Waals surface area contributed by atoms with Crippen LogP contribution in [0, 0.1) is 0 Å². The maximum atomic E-state index is 11.1. The summed E-state index contributed by atoms with van der Waals surface area (Å²) in [6, 6.07) is 0.591. The number of nitrogens with zero attached hydrogens (tertiary/aromatic N) is 8. The number of likely N-dealkylation sites (N-methyl/N-ethyl adjacent to an activating group) is 3. The van der Waals surface area contributed by atoms with E-state index in [1.165, 1.54) is 78.9 Å². The van der Waals surface area contributed by atoms with Crippen molar-refractivity contribution in [3.05, 3.63) is 0 Å². The lowest BCUT2D eigenvalue weighted by molar-refractivity contribution is -0.148. The number of piperidine rings is 5. The molecule has 7 aliphatic rings. The number of carboxylic acid groups (broad SMARTS) is 1. The quantitative estimate of drug-likeness (QED) is 0.199. The summed E-state index contributed by atoms with van der Waals surface area (Å²) in [7, 11) is 10.5. The van der Waals surface area contributed by atoms with Crippen LogP contribution in [-0.2, 0) is 33.3 Å². The number of likely N-dealkylation sites (tertiary alicyclic amines) is 5. The summed E-state index contributed by atoms with van der Waals surface area (Å²) in [6.07, 6.45) is 17.8. The lowest BCUT2D eigenvalue weighted by Crippen LogP contribution is -2.53. The fraction of sp³-hybridized carbons (Fsp3) is 0.953. The Hall–Kier alpha value is -2.07. The average Bonchev–Trinajstić information content (AvgIpc) is 3.43. The molecule has 7 aliphatic heterocycles. The molecular weight excluding hydrogens is 1040 g/mol. The summed E-state index contributed by atoms with van der Waals surface area (Å²) < 4.78 is 20.1. The van der Waals surface area contributed by atoms with E-state index < -0.39 is 5.97 Å². The van der Waals surface area contributed by atoms with Crippen LogP contribution in [0.5, 0.6) is 0 Å². The second-order valence-corrected chi connectivity index (χ2v) is 28.1. The summed E-state index contributed by atoms with van der Waals surface area (Å²) in [5, 5.41) is 27.0. The van der Waals surface area contributed by atoms with E-state index in [-0.39, 0.29) is 46.7 Å². The van der Waals surface area contributed by atoms with Gasteiger partial charge < -0.3 is 34.3 Å². The van der Waals surface area contributed by atoms with Crippen molar-refractivity contribution in [1.29, 1.82) is 0 Å². The second kappa shape index (κ2) is 39.7. The zero-order valence-corrected chi connectivity index (χ0v) is 56.5. The molecule has 486 valence electrons. The fourth-order valence-electron chi connectivity index (χ4n) is 12.1. The molecule has 82 heavy (non-hydrogen) atoms. The van der Waals surface area contributed by atoms with Gasteiger partial charge in [-0.2, -0.15) is 0 Å². The van der Waals surface area contributed by atoms with Crippen LogP contribution in [-0.4, -0.2) is 278 Å². The molecule has 7 heterocycles. The van der Waals surface area contributed by atoms with Crippen molar-refractivity contribution >= 4 is 17.9 Å². The molecule has 7 saturated heterocycles. The first-order valence-electron chi connectivity index (χ1n) is 31.9. The van der Waals surface area contributed by atoms with Gasteiger partial charge in [-0.15, -0.1) is 0 Å². The molecule has 0 aromatic carbocycles. The Morgan fingerprint density at radius 1 is 0.463 bits per heavy atom. The predicted octanol–water partition coefficient (Wildman–Crippen LogP) is 8.05. The maximum Gasteiger partial charge on any atom is 0.323 e. The number of piperazine rings is 1. The first kappa shape index (κ1) is 77.9. The number of aliphatic carboxylic acids is 1. The van der Waals surface area contributed by atoms with Crippen molar-refractivity contribution in [2.45, 2.75) is 258 Å². The lowest BCUT2D eigenvalue weighted by atomic mass is 9.95. The van der Waals surface area contributed by atoms with Crippen LogP contribution in [0.25, 0.3) is 0 Å². The largest absolute Gasteiger partial charge is 0.480 e. The number of hydrogen-bond donors (Lipinski definition) is 3. The number of carboxylic acids is 1. The molecule has 7 fully saturated rings. The minimum atomic E-state index is -0.679. The molecule has 0 aliphatic carbocycles. The predicted molar refractivity (Wildman–Crippen MR) is 336 cm³/mol. The van der Waals surface area contributed by atoms with Gasteiger partial charge in [0.05, 0.1) is 46.2 Å². The molecule has 0 amide bonds. The van der Waals surface area contributed by atoms with Crippen LogP contribution >= 0.6 is 0 Å². The number of ether oxygens (including phenoxy) is 4. The van der Waals surface area contributed by atoms with Gasteiger partial charge in [0.1, 0.15) is 18.1 Å². The molecular formula is C64H130N8O10. The number of methoxy groups -OCH3 is 3. The maximum absolute atomic E-state index is 11.1. The van der Waals surface area contributed by atoms with Gasteiger partial charge in [0.2, 0.25) is 0 Å². The first-order chi connectivity index (χ1) is 38.3. The molecule has 0 radical (unpaired) electrons. The summed E-state index contributed by atoms with van der Waals surface area (Å²) in [6.45, 7) is 46.0. The van der Waals surface area contributed by atoms with Gasteiger partial charge >= 0.3 is 17.9 Å². The van der Waals surface area contributed by atoms with Crippen LogP contribution in [0.1, 0.15) is 193 Å². The highest BCUT2D eigenvalue weighted by Gasteiger charge is 2.33. The Morgan fingerprint density at radius 3 is 1.07 bits per heavy atom. The van der Waals surface area contributed by atoms with Gasteiger partial charge in [0.15, 0.2) is 0 Å². The van der Waals surface area contributed by atoms with Gasteiger partial charge in [0, 0.05) is 87.2 Å². The highest BCUT2D eigenvalue weighted by molar-refractivity contribution is 5.76. The highest BCUT2D eigenvalue weighted by atomic mass is 16.5. The van der Waals surface area contributed by atoms with E-state index in [0.29, 0.717) is 43.0 Å². The van der Waals surface area contributed by atoms with E-state index >= 15 is 0 Å². The van der Waals surface area contributed by atoms with Gasteiger partial charge in [-0.05, 0) is 215 Å². The third kappa shape index (κ3) is 30.5. The molecule has 0 bridgehead atoms. The summed E-state index contributed by atoms with van der Waals surface area (Å²) in [5.74, 6) is -0.860. The molecule has 3 N–H and O–H groups in total. The van der Waals surface area contributed by atoms with Gasteiger partial charge in [-0.1, -0.05) is 32.1 Å². The Bertz CT molecular complexity index is 1620. The molecule has 0 aromatic heterocycles. The lowest BCUT2D eigenvalue weighted by Gasteiger charge is -2.44. The molecule has 18 heteroatoms. The van der Waals surface area contributed by atoms with E-state index in [1.807, 2.05) is 26.0 Å². The van der Waals surface area contributed by atoms with Gasteiger partial charge in [-0.3, -0.25) is 53.6 Å². The SMILES string of the molecule is CC(C)(C)N1CCCC[C@@H]1CO.CC(C)(C)N1CCCC[C@H]1CO.CN1CCCC[C@H]1C(=O)O.COC(=O)[C@@H]1CCCCN1C.COC(=O)[C@H]1CCCCN1C.COCCN1CCN(C(C)(C)C)CC1.C[C@@H]1CN(C(C)(C)C)C[C@H](C)O1. The van der Waals surface area contributed by atoms with Crippen molar-refractivity contribution in [3.8, 4) is 0 Å². The van der Waals surface area contributed by atoms with Crippen LogP contribution in [0.2, 0.25) is 0 Å². The topological polar surface area (TPSA) is 175 Å². The average molecular weight is 1170 g/mol. The molecule has 0 saturated carbocycles. The Morgan fingerprint density at radius 2 is 0.805 bits per heavy atom. The third-order valence-corrected chi connectivity index (χ3v) is 17.2. The number of rotatable bonds is 8. The van der Waals surface area contributed by atoms with E-state index in [4.69, 9.17) is 14.6 Å². The Labute approximate surface area is 502 Å². The zero-order chi connectivity index (χ0) is 62.4. The number of hydrogen-bond acceptors (Lipinski definition) is 17. The van der Waals surface area contributed by atoms with Crippen LogP contribution in [0.4, 0.5) is 0 Å². The molecule has 0 spiro atoms. The van der Waals surface area contributed by atoms with Gasteiger partial charge in [0.25, 0.3) is 0 Å². The molecule has 0 aromatic rings. The fourth-order valence-corrected chi connectivity index (χ4v) is 12.1. The highest BCUT2D eigenvalue weighted by Crippen LogP contribution is 2.27. The van der Waals surface area contributed by atoms with Crippen molar-refractivity contribution in [1.82, 2.24) is 39.2 Å². The third-order valence-electron chi connectivity index (χ3n) is 17.2. The molecule has 7 atom stereocenters. The Kier molecular flexibility index (Phi) is 37.7. The van der Waals surface area contributed by atoms with E-state index in [1.54, 1.807) is 7.11 Å². The van der Waals surface area contributed by atoms with E-state index in [9.17, 15) is 24.6 Å². The van der Waals surface area contributed by atoms with Gasteiger partial charge in [-0.25, -0.2) is 0 Å². The molecule has 0 unspecified atom stereocenters. The number of carbonyl (C=O) groups excluding carboxylic acids is 2. The summed E-state index contributed by atoms with van der Waals surface area (Å²) in [5.41, 5.74) is 1.04. The minimum absolute atomic E-state index is 0.00810. The van der Waals surface area contributed by atoms with Crippen molar-refractivity contribution in [3.63, 3.8) is 0 Å². The Balaban J connectivity index is 0.000000479. The number of esters is 2. The first-order valence-corrected chi connectivity index (χ1v) is 31.9. The summed E-state index contributed by atoms with van der Waals surface area (Å²) in [4.78, 5) is 51.2. The minimum Gasteiger partial charge on any atom is -0.480 e. The van der Waals surface area contributed by atoms with Crippen molar-refractivity contribution in [2.75, 3.05) is 141 Å². The zero-order valence-electron chi connectivity index (χ0n) is 56.5. The van der Waals surface area contributed by atoms with E-state index in [0.717, 1.165) is 117 Å². The van der Waals surface area contributed by atoms with Crippen LogP contribution in [0.3, 0.4) is 0 Å². The monoisotopic (exact) mass is 1170 g/mol. The second-order valence-electron chi connectivity index (χ2n) is 28.1. The van der Waals surface area contributed by atoms with Crippen molar-refractivity contribution < 1.29 is 48.7 Å². The smallest absolute Gasteiger partial charge is 0.323 e. The number of carbonyl (C=O) groups is 3. The standard InChI is InChI=1S/C11H24N2O.3C10H21NO.2C8H15NO2.C7H13NO2/c1-11(2,3)13-7-5-12(6-8-13)9-10-14-4;1-8-6-11(10(3,4)5)7-9(2)12-8;2*1-10(2,3)11-7-5-4-6-9(11)8-12;2*1-9-6-4-3-5-7(9)8(10)11-2;1-8-5-3-2-4-6(8)7(9)10/h5-10H2,1-4H3;8-9H,6-7H2,1-5H3;2*9,12H,4-8H2,1-3H3;2*7H,3-6H2,1-2H3;6H,2-5H2,1H3,(H,9,10)/t;8-,9+;2*9-;2*7-;6-/m..10100/s1. The number of aliphatic hydroxyl groups is 2. The van der Waals surface area contributed by atoms with Crippen LogP contribution < -0.4 is 0 Å². The van der Waals surface area contributed by atoms with E-state index in [2.05, 4.69) is 141 Å². The number of morpholine rings is 1. The van der Waals surface area contributed by atoms with Crippen LogP contribution in [0.15, 0.2) is 0 Å².